The van der Waals surface area contributed by atoms with Crippen LogP contribution in [0.1, 0.15) is 17.3 Å². The number of hydrogen-bond donors (Lipinski definition) is 2. The first kappa shape index (κ1) is 10.7. The summed E-state index contributed by atoms with van der Waals surface area (Å²) in [5, 5.41) is 0. The lowest BCUT2D eigenvalue weighted by Gasteiger charge is -2.15. The Hall–Kier alpha value is -1.85. The molecule has 0 aliphatic carbocycles. The predicted octanol–water partition coefficient (Wildman–Crippen LogP) is 1.17. The van der Waals surface area contributed by atoms with Gasteiger partial charge in [0.05, 0.1) is 17.9 Å². The molecule has 0 radical (unpaired) electrons. The number of halogens is 1. The molecule has 82 valence electrons. The third-order valence-electron chi connectivity index (χ3n) is 2.23. The van der Waals surface area contributed by atoms with Crippen LogP contribution in [0.5, 0.6) is 0 Å². The molecule has 4 nitrogen and oxygen atoms in total. The standard InChI is InChI=1S/C11H11FN4/c12-9-3-1-2-8(6-9)11(16-13)10-7-14-4-5-15-10/h1-7,11,16H,13H2. The first-order valence-corrected chi connectivity index (χ1v) is 4.79. The number of hydrazine groups is 1. The topological polar surface area (TPSA) is 63.8 Å². The third-order valence-corrected chi connectivity index (χ3v) is 2.23. The van der Waals surface area contributed by atoms with Crippen molar-refractivity contribution in [3.05, 3.63) is 59.9 Å². The van der Waals surface area contributed by atoms with Gasteiger partial charge in [-0.1, -0.05) is 12.1 Å². The van der Waals surface area contributed by atoms with Crippen molar-refractivity contribution in [2.75, 3.05) is 0 Å². The zero-order valence-corrected chi connectivity index (χ0v) is 8.47. The van der Waals surface area contributed by atoms with E-state index in [9.17, 15) is 4.39 Å². The molecule has 1 heterocycles. The van der Waals surface area contributed by atoms with Gasteiger partial charge in [0.25, 0.3) is 0 Å². The lowest BCUT2D eigenvalue weighted by atomic mass is 10.0. The highest BCUT2D eigenvalue weighted by Crippen LogP contribution is 2.19. The highest BCUT2D eigenvalue weighted by molar-refractivity contribution is 5.26. The van der Waals surface area contributed by atoms with Crippen molar-refractivity contribution in [3.8, 4) is 0 Å². The van der Waals surface area contributed by atoms with Crippen molar-refractivity contribution in [3.63, 3.8) is 0 Å². The van der Waals surface area contributed by atoms with Gasteiger partial charge in [0.2, 0.25) is 0 Å². The molecule has 1 aromatic carbocycles. The molecule has 0 spiro atoms. The summed E-state index contributed by atoms with van der Waals surface area (Å²) >= 11 is 0. The SMILES string of the molecule is NNC(c1cccc(F)c1)c1cnccn1. The predicted molar refractivity (Wildman–Crippen MR) is 57.6 cm³/mol. The molecule has 1 unspecified atom stereocenters. The molecule has 0 aliphatic rings. The number of nitrogens with two attached hydrogens (primary N) is 1. The maximum atomic E-state index is 13.1. The van der Waals surface area contributed by atoms with Crippen molar-refractivity contribution >= 4 is 0 Å². The smallest absolute Gasteiger partial charge is 0.123 e. The van der Waals surface area contributed by atoms with E-state index in [0.29, 0.717) is 11.3 Å². The third kappa shape index (κ3) is 2.21. The maximum Gasteiger partial charge on any atom is 0.123 e. The minimum Gasteiger partial charge on any atom is -0.271 e. The van der Waals surface area contributed by atoms with E-state index < -0.39 is 0 Å². The quantitative estimate of drug-likeness (QED) is 0.599. The Bertz CT molecular complexity index is 461. The summed E-state index contributed by atoms with van der Waals surface area (Å²) in [6.45, 7) is 0. The minimum absolute atomic E-state index is 0.304. The number of benzene rings is 1. The van der Waals surface area contributed by atoms with Crippen LogP contribution in [0.3, 0.4) is 0 Å². The van der Waals surface area contributed by atoms with E-state index >= 15 is 0 Å². The summed E-state index contributed by atoms with van der Waals surface area (Å²) in [6.07, 6.45) is 4.73. The fourth-order valence-corrected chi connectivity index (χ4v) is 1.50. The zero-order valence-electron chi connectivity index (χ0n) is 8.47. The Morgan fingerprint density at radius 3 is 2.81 bits per heavy atom. The Morgan fingerprint density at radius 1 is 1.31 bits per heavy atom. The molecule has 1 atom stereocenters. The van der Waals surface area contributed by atoms with Gasteiger partial charge in [0.15, 0.2) is 0 Å². The van der Waals surface area contributed by atoms with Crippen LogP contribution in [0.4, 0.5) is 4.39 Å². The van der Waals surface area contributed by atoms with Crippen LogP contribution >= 0.6 is 0 Å². The lowest BCUT2D eigenvalue weighted by molar-refractivity contribution is 0.596. The Labute approximate surface area is 92.3 Å². The van der Waals surface area contributed by atoms with E-state index in [1.165, 1.54) is 12.1 Å². The van der Waals surface area contributed by atoms with E-state index in [1.54, 1.807) is 30.7 Å². The van der Waals surface area contributed by atoms with Gasteiger partial charge >= 0.3 is 0 Å². The molecule has 2 aromatic rings. The molecule has 0 fully saturated rings. The fourth-order valence-electron chi connectivity index (χ4n) is 1.50. The summed E-state index contributed by atoms with van der Waals surface area (Å²) in [4.78, 5) is 8.08. The van der Waals surface area contributed by atoms with Crippen molar-refractivity contribution in [2.24, 2.45) is 5.84 Å². The van der Waals surface area contributed by atoms with Crippen LogP contribution in [0.25, 0.3) is 0 Å². The zero-order chi connectivity index (χ0) is 11.4. The van der Waals surface area contributed by atoms with Crippen LogP contribution in [-0.2, 0) is 0 Å². The van der Waals surface area contributed by atoms with Gasteiger partial charge in [0, 0.05) is 12.4 Å². The van der Waals surface area contributed by atoms with Gasteiger partial charge in [-0.25, -0.2) is 9.82 Å². The highest BCUT2D eigenvalue weighted by atomic mass is 19.1. The summed E-state index contributed by atoms with van der Waals surface area (Å²) in [5.74, 6) is 5.14. The van der Waals surface area contributed by atoms with E-state index in [4.69, 9.17) is 5.84 Å². The monoisotopic (exact) mass is 218 g/mol. The number of nitrogens with zero attached hydrogens (tertiary/aromatic N) is 2. The second kappa shape index (κ2) is 4.78. The largest absolute Gasteiger partial charge is 0.271 e. The molecule has 3 N–H and O–H groups in total. The van der Waals surface area contributed by atoms with Crippen LogP contribution in [-0.4, -0.2) is 9.97 Å². The number of rotatable bonds is 3. The molecule has 0 bridgehead atoms. The second-order valence-electron chi connectivity index (χ2n) is 3.28. The van der Waals surface area contributed by atoms with Crippen molar-refractivity contribution in [1.29, 1.82) is 0 Å². The summed E-state index contributed by atoms with van der Waals surface area (Å²) in [6, 6.07) is 5.85. The normalized spacial score (nSPS) is 12.4. The first-order chi connectivity index (χ1) is 7.81. The fraction of sp³-hybridized carbons (Fsp3) is 0.0909. The summed E-state index contributed by atoms with van der Waals surface area (Å²) in [5.41, 5.74) is 3.95. The Balaban J connectivity index is 2.37. The number of nitrogens with one attached hydrogen (secondary N) is 1. The number of hydrogen-bond acceptors (Lipinski definition) is 4. The lowest BCUT2D eigenvalue weighted by Crippen LogP contribution is -2.29. The van der Waals surface area contributed by atoms with Crippen LogP contribution < -0.4 is 11.3 Å². The summed E-state index contributed by atoms with van der Waals surface area (Å²) < 4.78 is 13.1. The number of aromatic nitrogens is 2. The Kier molecular flexibility index (Phi) is 3.19. The van der Waals surface area contributed by atoms with Crippen molar-refractivity contribution < 1.29 is 4.39 Å². The molecule has 0 amide bonds. The van der Waals surface area contributed by atoms with Gasteiger partial charge in [-0.15, -0.1) is 0 Å². The van der Waals surface area contributed by atoms with E-state index in [0.717, 1.165) is 0 Å². The summed E-state index contributed by atoms with van der Waals surface area (Å²) in [7, 11) is 0. The van der Waals surface area contributed by atoms with Crippen molar-refractivity contribution in [1.82, 2.24) is 15.4 Å². The van der Waals surface area contributed by atoms with Crippen LogP contribution in [0.2, 0.25) is 0 Å². The van der Waals surface area contributed by atoms with Crippen LogP contribution in [0, 0.1) is 5.82 Å². The molecule has 0 saturated heterocycles. The average Bonchev–Trinajstić information content (AvgIpc) is 2.31. The minimum atomic E-state index is -0.357. The molecular formula is C11H11FN4. The maximum absolute atomic E-state index is 13.1. The van der Waals surface area contributed by atoms with E-state index in [2.05, 4.69) is 15.4 Å². The Morgan fingerprint density at radius 2 is 2.19 bits per heavy atom. The van der Waals surface area contributed by atoms with Gasteiger partial charge in [-0.3, -0.25) is 15.8 Å². The van der Waals surface area contributed by atoms with Gasteiger partial charge in [-0.2, -0.15) is 0 Å². The first-order valence-electron chi connectivity index (χ1n) is 4.79. The molecule has 5 heteroatoms. The van der Waals surface area contributed by atoms with Gasteiger partial charge in [0.1, 0.15) is 5.82 Å². The molecule has 1 aromatic heterocycles. The van der Waals surface area contributed by atoms with Crippen LogP contribution in [0.15, 0.2) is 42.9 Å². The highest BCUT2D eigenvalue weighted by Gasteiger charge is 2.13. The van der Waals surface area contributed by atoms with Gasteiger partial charge < -0.3 is 0 Å². The second-order valence-corrected chi connectivity index (χ2v) is 3.28. The van der Waals surface area contributed by atoms with Crippen molar-refractivity contribution in [2.45, 2.75) is 6.04 Å². The molecule has 0 aliphatic heterocycles. The molecule has 16 heavy (non-hydrogen) atoms. The van der Waals surface area contributed by atoms with Gasteiger partial charge in [-0.05, 0) is 17.7 Å². The van der Waals surface area contributed by atoms with E-state index in [-0.39, 0.29) is 11.9 Å². The molecule has 0 saturated carbocycles. The average molecular weight is 218 g/mol. The van der Waals surface area contributed by atoms with E-state index in [1.807, 2.05) is 0 Å². The molecule has 2 rings (SSSR count). The molecular weight excluding hydrogens is 207 g/mol.